The molecule has 1 N–H and O–H groups in total. The molecule has 1 aliphatic rings. The van der Waals surface area contributed by atoms with E-state index >= 15 is 0 Å². The number of nitrogens with one attached hydrogen (secondary N) is 1. The first-order valence-electron chi connectivity index (χ1n) is 6.53. The molecular weight excluding hydrogens is 216 g/mol. The molecule has 2 rings (SSSR count). The normalized spacial score (nSPS) is 17.0. The van der Waals surface area contributed by atoms with Crippen molar-refractivity contribution in [1.82, 2.24) is 10.3 Å². The average Bonchev–Trinajstić information content (AvgIpc) is 2.96. The van der Waals surface area contributed by atoms with Gasteiger partial charge in [0.15, 0.2) is 0 Å². The second-order valence-corrected chi connectivity index (χ2v) is 5.76. The quantitative estimate of drug-likeness (QED) is 0.734. The summed E-state index contributed by atoms with van der Waals surface area (Å²) in [4.78, 5) is 5.41. The summed E-state index contributed by atoms with van der Waals surface area (Å²) in [5.74, 6) is 1.06. The lowest BCUT2D eigenvalue weighted by molar-refractivity contribution is 0.466. The van der Waals surface area contributed by atoms with Crippen LogP contribution in [0.1, 0.15) is 49.8 Å². The number of hydrogen-bond acceptors (Lipinski definition) is 3. The van der Waals surface area contributed by atoms with Gasteiger partial charge in [-0.15, -0.1) is 11.3 Å². The molecule has 3 heteroatoms. The van der Waals surface area contributed by atoms with E-state index in [0.717, 1.165) is 19.0 Å². The molecule has 1 aliphatic carbocycles. The fourth-order valence-corrected chi connectivity index (χ4v) is 3.09. The third-order valence-electron chi connectivity index (χ3n) is 3.47. The van der Waals surface area contributed by atoms with Crippen molar-refractivity contribution in [2.75, 3.05) is 6.54 Å². The molecule has 0 aliphatic heterocycles. The monoisotopic (exact) mass is 238 g/mol. The zero-order chi connectivity index (χ0) is 11.1. The molecule has 0 bridgehead atoms. The van der Waals surface area contributed by atoms with Crippen LogP contribution >= 0.6 is 11.3 Å². The van der Waals surface area contributed by atoms with Crippen LogP contribution in [0.15, 0.2) is 11.7 Å². The predicted octanol–water partition coefficient (Wildman–Crippen LogP) is 3.59. The van der Waals surface area contributed by atoms with Gasteiger partial charge in [-0.1, -0.05) is 38.5 Å². The number of aromatic nitrogens is 1. The lowest BCUT2D eigenvalue weighted by atomic mass is 10.0. The number of thiazole rings is 1. The Bertz CT molecular complexity index is 265. The van der Waals surface area contributed by atoms with E-state index in [9.17, 15) is 0 Å². The molecular formula is C13H22N2S. The topological polar surface area (TPSA) is 24.9 Å². The summed E-state index contributed by atoms with van der Waals surface area (Å²) < 4.78 is 0. The van der Waals surface area contributed by atoms with Crippen molar-refractivity contribution in [2.45, 2.75) is 51.5 Å². The van der Waals surface area contributed by atoms with E-state index in [-0.39, 0.29) is 0 Å². The predicted molar refractivity (Wildman–Crippen MR) is 69.6 cm³/mol. The highest BCUT2D eigenvalue weighted by Gasteiger charge is 2.13. The number of rotatable bonds is 7. The highest BCUT2D eigenvalue weighted by Crippen LogP contribution is 2.28. The Labute approximate surface area is 102 Å². The summed E-state index contributed by atoms with van der Waals surface area (Å²) in [7, 11) is 0. The maximum atomic E-state index is 4.07. The van der Waals surface area contributed by atoms with Crippen molar-refractivity contribution in [3.05, 3.63) is 16.6 Å². The Balaban J connectivity index is 1.43. The Hall–Kier alpha value is -0.410. The number of hydrogen-bond donors (Lipinski definition) is 1. The maximum absolute atomic E-state index is 4.07. The summed E-state index contributed by atoms with van der Waals surface area (Å²) >= 11 is 1.73. The van der Waals surface area contributed by atoms with Crippen LogP contribution in [0.5, 0.6) is 0 Å². The summed E-state index contributed by atoms with van der Waals surface area (Å²) in [6.45, 7) is 2.15. The molecule has 1 saturated carbocycles. The highest BCUT2D eigenvalue weighted by atomic mass is 32.1. The summed E-state index contributed by atoms with van der Waals surface area (Å²) in [6.07, 6.45) is 12.1. The molecule has 0 aromatic carbocycles. The van der Waals surface area contributed by atoms with Crippen molar-refractivity contribution in [3.8, 4) is 0 Å². The van der Waals surface area contributed by atoms with Gasteiger partial charge < -0.3 is 5.32 Å². The molecule has 16 heavy (non-hydrogen) atoms. The van der Waals surface area contributed by atoms with E-state index in [0.29, 0.717) is 0 Å². The molecule has 0 saturated heterocycles. The Morgan fingerprint density at radius 2 is 2.19 bits per heavy atom. The summed E-state index contributed by atoms with van der Waals surface area (Å²) in [5, 5.41) is 3.48. The molecule has 1 heterocycles. The van der Waals surface area contributed by atoms with Gasteiger partial charge in [-0.05, 0) is 18.9 Å². The second kappa shape index (κ2) is 7.02. The summed E-state index contributed by atoms with van der Waals surface area (Å²) in [5.41, 5.74) is 1.90. The largest absolute Gasteiger partial charge is 0.312 e. The van der Waals surface area contributed by atoms with Gasteiger partial charge in [0.05, 0.1) is 5.51 Å². The van der Waals surface area contributed by atoms with Crippen molar-refractivity contribution >= 4 is 11.3 Å². The van der Waals surface area contributed by atoms with E-state index in [4.69, 9.17) is 0 Å². The van der Waals surface area contributed by atoms with E-state index < -0.39 is 0 Å². The van der Waals surface area contributed by atoms with Crippen LogP contribution in [-0.2, 0) is 6.54 Å². The van der Waals surface area contributed by atoms with Crippen molar-refractivity contribution in [2.24, 2.45) is 5.92 Å². The van der Waals surface area contributed by atoms with Crippen LogP contribution in [-0.4, -0.2) is 11.5 Å². The van der Waals surface area contributed by atoms with Gasteiger partial charge in [-0.3, -0.25) is 4.98 Å². The molecule has 0 spiro atoms. The fraction of sp³-hybridized carbons (Fsp3) is 0.769. The zero-order valence-corrected chi connectivity index (χ0v) is 10.8. The van der Waals surface area contributed by atoms with Gasteiger partial charge >= 0.3 is 0 Å². The SMILES string of the molecule is c1ncc(CNCCCCC2CCCC2)s1. The smallest absolute Gasteiger partial charge is 0.0794 e. The van der Waals surface area contributed by atoms with Crippen LogP contribution in [0.4, 0.5) is 0 Å². The van der Waals surface area contributed by atoms with Crippen molar-refractivity contribution in [1.29, 1.82) is 0 Å². The zero-order valence-electron chi connectivity index (χ0n) is 9.95. The molecule has 0 radical (unpaired) electrons. The van der Waals surface area contributed by atoms with Gasteiger partial charge in [0.25, 0.3) is 0 Å². The third-order valence-corrected chi connectivity index (χ3v) is 4.25. The van der Waals surface area contributed by atoms with Gasteiger partial charge in [0, 0.05) is 17.6 Å². The van der Waals surface area contributed by atoms with Gasteiger partial charge in [0.2, 0.25) is 0 Å². The fourth-order valence-electron chi connectivity index (χ4n) is 2.52. The molecule has 0 unspecified atom stereocenters. The molecule has 1 fully saturated rings. The van der Waals surface area contributed by atoms with Crippen LogP contribution in [0.2, 0.25) is 0 Å². The minimum absolute atomic E-state index is 0.994. The van der Waals surface area contributed by atoms with Crippen LogP contribution in [0, 0.1) is 5.92 Å². The first-order valence-corrected chi connectivity index (χ1v) is 7.41. The van der Waals surface area contributed by atoms with E-state index in [1.165, 1.54) is 49.8 Å². The average molecular weight is 238 g/mol. The standard InChI is InChI=1S/C13H22N2S/c1-2-6-12(5-1)7-3-4-8-14-9-13-10-15-11-16-13/h10-12,14H,1-9H2. The van der Waals surface area contributed by atoms with Gasteiger partial charge in [-0.2, -0.15) is 0 Å². The van der Waals surface area contributed by atoms with Crippen LogP contribution in [0.3, 0.4) is 0 Å². The maximum Gasteiger partial charge on any atom is 0.0794 e. The lowest BCUT2D eigenvalue weighted by Gasteiger charge is -2.08. The first kappa shape index (κ1) is 12.1. The Kier molecular flexibility index (Phi) is 5.29. The minimum Gasteiger partial charge on any atom is -0.312 e. The van der Waals surface area contributed by atoms with Gasteiger partial charge in [0.1, 0.15) is 0 Å². The Morgan fingerprint density at radius 3 is 2.94 bits per heavy atom. The van der Waals surface area contributed by atoms with Crippen molar-refractivity contribution < 1.29 is 0 Å². The molecule has 0 atom stereocenters. The van der Waals surface area contributed by atoms with Crippen LogP contribution < -0.4 is 5.32 Å². The van der Waals surface area contributed by atoms with Crippen LogP contribution in [0.25, 0.3) is 0 Å². The highest BCUT2D eigenvalue weighted by molar-refractivity contribution is 7.09. The summed E-state index contributed by atoms with van der Waals surface area (Å²) in [6, 6.07) is 0. The second-order valence-electron chi connectivity index (χ2n) is 4.79. The lowest BCUT2D eigenvalue weighted by Crippen LogP contribution is -2.14. The molecule has 2 nitrogen and oxygen atoms in total. The van der Waals surface area contributed by atoms with E-state index in [2.05, 4.69) is 10.3 Å². The molecule has 0 amide bonds. The van der Waals surface area contributed by atoms with Crippen molar-refractivity contribution in [3.63, 3.8) is 0 Å². The van der Waals surface area contributed by atoms with Gasteiger partial charge in [-0.25, -0.2) is 0 Å². The van der Waals surface area contributed by atoms with E-state index in [1.54, 1.807) is 11.3 Å². The molecule has 1 aromatic heterocycles. The molecule has 90 valence electrons. The number of unbranched alkanes of at least 4 members (excludes halogenated alkanes) is 1. The Morgan fingerprint density at radius 1 is 1.31 bits per heavy atom. The molecule has 1 aromatic rings. The third kappa shape index (κ3) is 4.22. The van der Waals surface area contributed by atoms with E-state index in [1.807, 2.05) is 11.7 Å². The minimum atomic E-state index is 0.994. The number of nitrogens with zero attached hydrogens (tertiary/aromatic N) is 1. The first-order chi connectivity index (χ1) is 7.95.